The van der Waals surface area contributed by atoms with Gasteiger partial charge in [0.15, 0.2) is 0 Å². The van der Waals surface area contributed by atoms with Crippen molar-refractivity contribution >= 4 is 11.6 Å². The van der Waals surface area contributed by atoms with Gasteiger partial charge in [0.2, 0.25) is 0 Å². The maximum Gasteiger partial charge on any atom is 0.0613 e. The lowest BCUT2D eigenvalue weighted by Crippen LogP contribution is -2.45. The number of nitrogens with one attached hydrogen (secondary N) is 1. The summed E-state index contributed by atoms with van der Waals surface area (Å²) in [5.41, 5.74) is 1.15. The van der Waals surface area contributed by atoms with E-state index in [4.69, 9.17) is 11.6 Å². The molecular weight excluding hydrogens is 346 g/mol. The molecule has 1 aromatic carbocycles. The second kappa shape index (κ2) is 8.57. The Bertz CT molecular complexity index is 573. The molecule has 5 heteroatoms. The highest BCUT2D eigenvalue weighted by Crippen LogP contribution is 2.46. The molecule has 2 saturated heterocycles. The van der Waals surface area contributed by atoms with Crippen molar-refractivity contribution in [2.75, 3.05) is 39.8 Å². The normalized spacial score (nSPS) is 31.6. The highest BCUT2D eigenvalue weighted by Gasteiger charge is 2.48. The number of aliphatic hydroxyl groups excluding tert-OH is 1. The summed E-state index contributed by atoms with van der Waals surface area (Å²) in [6.45, 7) is 8.91. The third-order valence-corrected chi connectivity index (χ3v) is 6.71. The number of hydrogen-bond donors (Lipinski definition) is 2. The van der Waals surface area contributed by atoms with Crippen LogP contribution in [0.25, 0.3) is 0 Å². The van der Waals surface area contributed by atoms with Gasteiger partial charge in [-0.2, -0.15) is 0 Å². The Morgan fingerprint density at radius 1 is 1.23 bits per heavy atom. The highest BCUT2D eigenvalue weighted by molar-refractivity contribution is 6.30. The first-order chi connectivity index (χ1) is 12.5. The number of likely N-dealkylation sites (tertiary alicyclic amines) is 2. The average Bonchev–Trinajstić information content (AvgIpc) is 2.94. The molecule has 3 rings (SSSR count). The summed E-state index contributed by atoms with van der Waals surface area (Å²) in [5, 5.41) is 14.7. The number of aliphatic hydroxyl groups is 1. The second-order valence-electron chi connectivity index (χ2n) is 8.39. The van der Waals surface area contributed by atoms with Crippen molar-refractivity contribution in [3.63, 3.8) is 0 Å². The number of rotatable bonds is 6. The van der Waals surface area contributed by atoms with Gasteiger partial charge in [-0.3, -0.25) is 4.90 Å². The van der Waals surface area contributed by atoms with Gasteiger partial charge in [-0.25, -0.2) is 0 Å². The molecule has 2 heterocycles. The standard InChI is InChI=1S/C21H34ClN3O/c1-4-25-20(16-5-7-18(22)8-6-16)17(13-21(25,2)15-26)14-23-19-9-11-24(3)12-10-19/h5-8,17,19-20,23,26H,4,9-15H2,1-3H3/t17-,20+,21+/m1/s1. The summed E-state index contributed by atoms with van der Waals surface area (Å²) < 4.78 is 0. The van der Waals surface area contributed by atoms with Crippen LogP contribution in [0, 0.1) is 5.92 Å². The summed E-state index contributed by atoms with van der Waals surface area (Å²) in [5.74, 6) is 0.493. The molecule has 1 aromatic rings. The number of nitrogens with zero attached hydrogens (tertiary/aromatic N) is 2. The van der Waals surface area contributed by atoms with Gasteiger partial charge < -0.3 is 15.3 Å². The largest absolute Gasteiger partial charge is 0.394 e. The minimum absolute atomic E-state index is 0.155. The van der Waals surface area contributed by atoms with Gasteiger partial charge in [0.1, 0.15) is 0 Å². The molecule has 0 spiro atoms. The molecule has 0 bridgehead atoms. The molecule has 4 nitrogen and oxygen atoms in total. The molecular formula is C21H34ClN3O. The van der Waals surface area contributed by atoms with Crippen LogP contribution in [0.5, 0.6) is 0 Å². The van der Waals surface area contributed by atoms with Crippen molar-refractivity contribution in [2.24, 2.45) is 5.92 Å². The molecule has 0 aliphatic carbocycles. The Kier molecular flexibility index (Phi) is 6.63. The second-order valence-corrected chi connectivity index (χ2v) is 8.82. The molecule has 0 saturated carbocycles. The monoisotopic (exact) mass is 379 g/mol. The number of likely N-dealkylation sites (N-methyl/N-ethyl adjacent to an activating group) is 1. The minimum Gasteiger partial charge on any atom is -0.394 e. The molecule has 26 heavy (non-hydrogen) atoms. The first-order valence-corrected chi connectivity index (χ1v) is 10.4. The van der Waals surface area contributed by atoms with Crippen LogP contribution < -0.4 is 5.32 Å². The molecule has 2 N–H and O–H groups in total. The SMILES string of the molecule is CCN1[C@@H](c2ccc(Cl)cc2)[C@@H](CNC2CCN(C)CC2)C[C@@]1(C)CO. The van der Waals surface area contributed by atoms with E-state index in [-0.39, 0.29) is 12.1 Å². The minimum atomic E-state index is -0.155. The van der Waals surface area contributed by atoms with E-state index in [2.05, 4.69) is 48.1 Å². The third-order valence-electron chi connectivity index (χ3n) is 6.46. The smallest absolute Gasteiger partial charge is 0.0613 e. The number of benzene rings is 1. The van der Waals surface area contributed by atoms with E-state index in [0.29, 0.717) is 18.0 Å². The predicted octanol–water partition coefficient (Wildman–Crippen LogP) is 3.16. The molecule has 146 valence electrons. The first kappa shape index (κ1) is 20.1. The van der Waals surface area contributed by atoms with E-state index in [1.165, 1.54) is 31.5 Å². The van der Waals surface area contributed by atoms with Crippen LogP contribution in [0.15, 0.2) is 24.3 Å². The lowest BCUT2D eigenvalue weighted by molar-refractivity contribution is 0.0578. The maximum absolute atomic E-state index is 10.1. The fourth-order valence-electron chi connectivity index (χ4n) is 4.94. The van der Waals surface area contributed by atoms with Gasteiger partial charge >= 0.3 is 0 Å². The van der Waals surface area contributed by atoms with Crippen LogP contribution in [0.1, 0.15) is 44.7 Å². The van der Waals surface area contributed by atoms with Gasteiger partial charge in [-0.15, -0.1) is 0 Å². The van der Waals surface area contributed by atoms with E-state index >= 15 is 0 Å². The molecule has 2 fully saturated rings. The zero-order chi connectivity index (χ0) is 18.7. The first-order valence-electron chi connectivity index (χ1n) is 10.0. The number of hydrogen-bond acceptors (Lipinski definition) is 4. The fraction of sp³-hybridized carbons (Fsp3) is 0.714. The molecule has 0 radical (unpaired) electrons. The highest BCUT2D eigenvalue weighted by atomic mass is 35.5. The quantitative estimate of drug-likeness (QED) is 0.796. The Labute approximate surface area is 163 Å². The average molecular weight is 380 g/mol. The number of piperidine rings is 1. The summed E-state index contributed by atoms with van der Waals surface area (Å²) in [4.78, 5) is 4.89. The van der Waals surface area contributed by atoms with E-state index in [0.717, 1.165) is 24.5 Å². The van der Waals surface area contributed by atoms with Crippen molar-refractivity contribution < 1.29 is 5.11 Å². The molecule has 3 atom stereocenters. The van der Waals surface area contributed by atoms with Crippen molar-refractivity contribution in [2.45, 2.75) is 50.7 Å². The summed E-state index contributed by atoms with van der Waals surface area (Å²) in [6.07, 6.45) is 3.47. The zero-order valence-corrected chi connectivity index (χ0v) is 17.2. The fourth-order valence-corrected chi connectivity index (χ4v) is 5.07. The topological polar surface area (TPSA) is 38.7 Å². The van der Waals surface area contributed by atoms with Crippen LogP contribution in [0.2, 0.25) is 5.02 Å². The molecule has 0 amide bonds. The van der Waals surface area contributed by atoms with Crippen molar-refractivity contribution in [1.82, 2.24) is 15.1 Å². The van der Waals surface area contributed by atoms with E-state index in [9.17, 15) is 5.11 Å². The van der Waals surface area contributed by atoms with Gasteiger partial charge in [0, 0.05) is 29.2 Å². The zero-order valence-electron chi connectivity index (χ0n) is 16.4. The third kappa shape index (κ3) is 4.26. The summed E-state index contributed by atoms with van der Waals surface area (Å²) in [7, 11) is 2.20. The maximum atomic E-state index is 10.1. The summed E-state index contributed by atoms with van der Waals surface area (Å²) >= 11 is 6.11. The van der Waals surface area contributed by atoms with Crippen LogP contribution in [-0.4, -0.2) is 66.3 Å². The van der Waals surface area contributed by atoms with Crippen molar-refractivity contribution in [3.8, 4) is 0 Å². The Balaban J connectivity index is 1.75. The van der Waals surface area contributed by atoms with E-state index in [1.54, 1.807) is 0 Å². The van der Waals surface area contributed by atoms with Crippen molar-refractivity contribution in [1.29, 1.82) is 0 Å². The molecule has 2 aliphatic rings. The van der Waals surface area contributed by atoms with Gasteiger partial charge in [-0.05, 0) is 76.5 Å². The van der Waals surface area contributed by atoms with Crippen molar-refractivity contribution in [3.05, 3.63) is 34.9 Å². The Morgan fingerprint density at radius 2 is 1.88 bits per heavy atom. The van der Waals surface area contributed by atoms with E-state index in [1.807, 2.05) is 12.1 Å². The Morgan fingerprint density at radius 3 is 2.46 bits per heavy atom. The Hall–Kier alpha value is -0.650. The van der Waals surface area contributed by atoms with Gasteiger partial charge in [0.25, 0.3) is 0 Å². The van der Waals surface area contributed by atoms with Gasteiger partial charge in [0.05, 0.1) is 6.61 Å². The van der Waals surface area contributed by atoms with Crippen LogP contribution in [0.4, 0.5) is 0 Å². The van der Waals surface area contributed by atoms with E-state index < -0.39 is 0 Å². The predicted molar refractivity (Wildman–Crippen MR) is 109 cm³/mol. The van der Waals surface area contributed by atoms with Crippen LogP contribution in [-0.2, 0) is 0 Å². The van der Waals surface area contributed by atoms with Gasteiger partial charge in [-0.1, -0.05) is 30.7 Å². The lowest BCUT2D eigenvalue weighted by atomic mass is 9.90. The van der Waals surface area contributed by atoms with Crippen LogP contribution in [0.3, 0.4) is 0 Å². The molecule has 0 unspecified atom stereocenters. The lowest BCUT2D eigenvalue weighted by Gasteiger charge is -2.37. The summed E-state index contributed by atoms with van der Waals surface area (Å²) in [6, 6.07) is 9.23. The number of halogens is 1. The molecule has 2 aliphatic heterocycles. The van der Waals surface area contributed by atoms with Crippen LogP contribution >= 0.6 is 11.6 Å². The molecule has 0 aromatic heterocycles.